The summed E-state index contributed by atoms with van der Waals surface area (Å²) < 4.78 is 6.26. The zero-order chi connectivity index (χ0) is 20.7. The molecule has 0 aliphatic carbocycles. The fraction of sp³-hybridized carbons (Fsp3) is 0.0526. The highest BCUT2D eigenvalue weighted by Gasteiger charge is 2.16. The predicted molar refractivity (Wildman–Crippen MR) is 110 cm³/mol. The molecule has 2 rings (SSSR count). The van der Waals surface area contributed by atoms with Crippen molar-refractivity contribution in [2.75, 3.05) is 11.9 Å². The van der Waals surface area contributed by atoms with E-state index in [1.807, 2.05) is 6.07 Å². The van der Waals surface area contributed by atoms with Crippen molar-refractivity contribution >= 4 is 50.9 Å². The lowest BCUT2D eigenvalue weighted by molar-refractivity contribution is -0.384. The second-order valence-corrected chi connectivity index (χ2v) is 6.65. The Morgan fingerprint density at radius 1 is 1.39 bits per heavy atom. The van der Waals surface area contributed by atoms with Crippen LogP contribution in [0, 0.1) is 21.4 Å². The molecule has 2 aromatic rings. The Kier molecular flexibility index (Phi) is 7.32. The number of rotatable bonds is 7. The van der Waals surface area contributed by atoms with Crippen LogP contribution in [0.25, 0.3) is 6.08 Å². The van der Waals surface area contributed by atoms with Gasteiger partial charge in [0, 0.05) is 21.8 Å². The van der Waals surface area contributed by atoms with Crippen molar-refractivity contribution < 1.29 is 14.5 Å². The van der Waals surface area contributed by atoms with E-state index in [-0.39, 0.29) is 28.6 Å². The Hall–Kier alpha value is -3.15. The summed E-state index contributed by atoms with van der Waals surface area (Å²) >= 11 is 9.09. The minimum atomic E-state index is -0.728. The third-order valence-electron chi connectivity index (χ3n) is 3.39. The smallest absolute Gasteiger partial charge is 0.289 e. The molecule has 0 aliphatic rings. The second-order valence-electron chi connectivity index (χ2n) is 5.33. The number of hydrogen-bond donors (Lipinski definition) is 1. The third kappa shape index (κ3) is 5.42. The lowest BCUT2D eigenvalue weighted by atomic mass is 10.1. The Bertz CT molecular complexity index is 1010. The van der Waals surface area contributed by atoms with Gasteiger partial charge in [-0.15, -0.1) is 0 Å². The number of amides is 1. The monoisotopic (exact) mass is 461 g/mol. The van der Waals surface area contributed by atoms with Gasteiger partial charge < -0.3 is 10.1 Å². The summed E-state index contributed by atoms with van der Waals surface area (Å²) in [5, 5.41) is 22.7. The molecule has 0 aromatic heterocycles. The molecule has 0 bridgehead atoms. The first-order chi connectivity index (χ1) is 13.3. The standard InChI is InChI=1S/C19H13BrClN3O4/c1-2-7-28-18-6-3-14(20)9-12(18)8-13(11-22)19(25)23-15-4-5-16(21)17(10-15)24(26)27/h2-6,8-10H,1,7H2,(H,23,25)/b13-8+. The summed E-state index contributed by atoms with van der Waals surface area (Å²) in [5.41, 5.74) is 0.0813. The topological polar surface area (TPSA) is 105 Å². The van der Waals surface area contributed by atoms with E-state index in [9.17, 15) is 20.2 Å². The minimum Gasteiger partial charge on any atom is -0.489 e. The molecule has 0 spiro atoms. The van der Waals surface area contributed by atoms with Gasteiger partial charge in [0.25, 0.3) is 11.6 Å². The number of ether oxygens (including phenoxy) is 1. The number of nitrogens with zero attached hydrogens (tertiary/aromatic N) is 2. The Labute approximate surface area is 174 Å². The molecule has 142 valence electrons. The highest BCUT2D eigenvalue weighted by Crippen LogP contribution is 2.28. The van der Waals surface area contributed by atoms with Crippen LogP contribution in [-0.4, -0.2) is 17.4 Å². The van der Waals surface area contributed by atoms with E-state index in [1.165, 1.54) is 18.2 Å². The van der Waals surface area contributed by atoms with E-state index in [0.29, 0.717) is 11.3 Å². The quantitative estimate of drug-likeness (QED) is 0.202. The molecular formula is C19H13BrClN3O4. The van der Waals surface area contributed by atoms with Crippen LogP contribution in [0.4, 0.5) is 11.4 Å². The zero-order valence-corrected chi connectivity index (χ0v) is 16.7. The van der Waals surface area contributed by atoms with E-state index in [4.69, 9.17) is 16.3 Å². The van der Waals surface area contributed by atoms with Crippen molar-refractivity contribution in [2.45, 2.75) is 0 Å². The first-order valence-corrected chi connectivity index (χ1v) is 8.93. The van der Waals surface area contributed by atoms with Crippen LogP contribution in [0.3, 0.4) is 0 Å². The molecule has 1 N–H and O–H groups in total. The summed E-state index contributed by atoms with van der Waals surface area (Å²) in [4.78, 5) is 22.8. The van der Waals surface area contributed by atoms with Crippen LogP contribution < -0.4 is 10.1 Å². The normalized spacial score (nSPS) is 10.7. The minimum absolute atomic E-state index is 0.0582. The number of hydrogen-bond acceptors (Lipinski definition) is 5. The Balaban J connectivity index is 2.33. The molecule has 0 saturated carbocycles. The maximum Gasteiger partial charge on any atom is 0.289 e. The van der Waals surface area contributed by atoms with E-state index >= 15 is 0 Å². The summed E-state index contributed by atoms with van der Waals surface area (Å²) in [6.45, 7) is 3.83. The van der Waals surface area contributed by atoms with Gasteiger partial charge in [-0.05, 0) is 36.4 Å². The molecule has 0 aliphatic heterocycles. The van der Waals surface area contributed by atoms with Crippen molar-refractivity contribution in [1.29, 1.82) is 5.26 Å². The number of nitrogens with one attached hydrogen (secondary N) is 1. The summed E-state index contributed by atoms with van der Waals surface area (Å²) in [6, 6.07) is 10.8. The lowest BCUT2D eigenvalue weighted by Gasteiger charge is -2.09. The number of carbonyl (C=O) groups excluding carboxylic acids is 1. The highest BCUT2D eigenvalue weighted by atomic mass is 79.9. The number of nitriles is 1. The molecule has 0 saturated heterocycles. The Morgan fingerprint density at radius 2 is 2.14 bits per heavy atom. The van der Waals surface area contributed by atoms with Gasteiger partial charge >= 0.3 is 0 Å². The van der Waals surface area contributed by atoms with Crippen LogP contribution in [0.15, 0.2) is 59.1 Å². The van der Waals surface area contributed by atoms with Crippen molar-refractivity contribution in [3.8, 4) is 11.8 Å². The molecule has 7 nitrogen and oxygen atoms in total. The molecule has 0 heterocycles. The summed E-state index contributed by atoms with van der Waals surface area (Å²) in [7, 11) is 0. The third-order valence-corrected chi connectivity index (χ3v) is 4.21. The molecule has 28 heavy (non-hydrogen) atoms. The van der Waals surface area contributed by atoms with E-state index in [1.54, 1.807) is 24.3 Å². The van der Waals surface area contributed by atoms with Crippen LogP contribution in [0.5, 0.6) is 5.75 Å². The first kappa shape index (κ1) is 21.2. The molecule has 9 heteroatoms. The summed E-state index contributed by atoms with van der Waals surface area (Å²) in [6.07, 6.45) is 2.93. The predicted octanol–water partition coefficient (Wildman–Crippen LogP) is 5.12. The van der Waals surface area contributed by atoms with Crippen molar-refractivity contribution in [1.82, 2.24) is 0 Å². The van der Waals surface area contributed by atoms with Crippen LogP contribution >= 0.6 is 27.5 Å². The number of halogens is 2. The molecule has 0 unspecified atom stereocenters. The maximum atomic E-state index is 12.5. The van der Waals surface area contributed by atoms with Gasteiger partial charge in [0.2, 0.25) is 0 Å². The average Bonchev–Trinajstić information content (AvgIpc) is 2.66. The van der Waals surface area contributed by atoms with Gasteiger partial charge in [-0.3, -0.25) is 14.9 Å². The van der Waals surface area contributed by atoms with Crippen molar-refractivity contribution in [2.24, 2.45) is 0 Å². The highest BCUT2D eigenvalue weighted by molar-refractivity contribution is 9.10. The van der Waals surface area contributed by atoms with E-state index < -0.39 is 10.8 Å². The zero-order valence-electron chi connectivity index (χ0n) is 14.3. The van der Waals surface area contributed by atoms with Gasteiger partial charge in [-0.25, -0.2) is 0 Å². The van der Waals surface area contributed by atoms with Gasteiger partial charge in [0.15, 0.2) is 0 Å². The van der Waals surface area contributed by atoms with Gasteiger partial charge in [-0.2, -0.15) is 5.26 Å². The SMILES string of the molecule is C=CCOc1ccc(Br)cc1/C=C(\C#N)C(=O)Nc1ccc(Cl)c([N+](=O)[O-])c1. The molecule has 0 radical (unpaired) electrons. The number of anilines is 1. The van der Waals surface area contributed by atoms with E-state index in [0.717, 1.165) is 10.5 Å². The van der Waals surface area contributed by atoms with Gasteiger partial charge in [-0.1, -0.05) is 40.2 Å². The van der Waals surface area contributed by atoms with Gasteiger partial charge in [0.05, 0.1) is 4.92 Å². The maximum absolute atomic E-state index is 12.5. The van der Waals surface area contributed by atoms with Crippen LogP contribution in [0.2, 0.25) is 5.02 Å². The summed E-state index contributed by atoms with van der Waals surface area (Å²) in [5.74, 6) is -0.264. The molecular weight excluding hydrogens is 450 g/mol. The van der Waals surface area contributed by atoms with Crippen molar-refractivity contribution in [3.63, 3.8) is 0 Å². The largest absolute Gasteiger partial charge is 0.489 e. The van der Waals surface area contributed by atoms with Crippen LogP contribution in [-0.2, 0) is 4.79 Å². The van der Waals surface area contributed by atoms with Crippen LogP contribution in [0.1, 0.15) is 5.56 Å². The average molecular weight is 463 g/mol. The van der Waals surface area contributed by atoms with E-state index in [2.05, 4.69) is 27.8 Å². The molecule has 1 amide bonds. The number of benzene rings is 2. The van der Waals surface area contributed by atoms with Gasteiger partial charge in [0.1, 0.15) is 29.0 Å². The fourth-order valence-electron chi connectivity index (χ4n) is 2.15. The molecule has 0 fully saturated rings. The number of nitro benzene ring substituents is 1. The Morgan fingerprint density at radius 3 is 2.79 bits per heavy atom. The number of carbonyl (C=O) groups is 1. The lowest BCUT2D eigenvalue weighted by Crippen LogP contribution is -2.13. The molecule has 0 atom stereocenters. The molecule has 2 aromatic carbocycles. The number of nitro groups is 1. The first-order valence-electron chi connectivity index (χ1n) is 7.76. The van der Waals surface area contributed by atoms with Crippen molar-refractivity contribution in [3.05, 3.63) is 79.8 Å². The fourth-order valence-corrected chi connectivity index (χ4v) is 2.71. The second kappa shape index (κ2) is 9.69.